The molecule has 0 aromatic heterocycles. The first-order valence-electron chi connectivity index (χ1n) is 6.50. The summed E-state index contributed by atoms with van der Waals surface area (Å²) >= 11 is 0. The Morgan fingerprint density at radius 2 is 1.82 bits per heavy atom. The minimum Gasteiger partial charge on any atom is -0.497 e. The molecule has 0 radical (unpaired) electrons. The number of rotatable bonds is 4. The van der Waals surface area contributed by atoms with Gasteiger partial charge in [0.05, 0.1) is 13.2 Å². The molecule has 0 heterocycles. The zero-order valence-electron chi connectivity index (χ0n) is 10.9. The fraction of sp³-hybridized carbons (Fsp3) is 0.600. The molecule has 1 aromatic rings. The Bertz CT molecular complexity index is 365. The van der Waals surface area contributed by atoms with Gasteiger partial charge in [0.15, 0.2) is 0 Å². The van der Waals surface area contributed by atoms with Crippen molar-refractivity contribution in [3.63, 3.8) is 0 Å². The SMILES string of the molecule is CCC1(CC)C(O)CC1c1ccc(OC)cc1. The number of benzene rings is 1. The van der Waals surface area contributed by atoms with E-state index in [9.17, 15) is 5.11 Å². The number of aliphatic hydroxyl groups excluding tert-OH is 1. The summed E-state index contributed by atoms with van der Waals surface area (Å²) in [6, 6.07) is 8.29. The maximum Gasteiger partial charge on any atom is 0.118 e. The first kappa shape index (κ1) is 12.4. The molecule has 1 N–H and O–H groups in total. The van der Waals surface area contributed by atoms with E-state index in [4.69, 9.17) is 4.74 Å². The van der Waals surface area contributed by atoms with Crippen LogP contribution in [0.25, 0.3) is 0 Å². The highest BCUT2D eigenvalue weighted by Gasteiger charge is 2.52. The van der Waals surface area contributed by atoms with E-state index in [1.54, 1.807) is 7.11 Å². The topological polar surface area (TPSA) is 29.5 Å². The Kier molecular flexibility index (Phi) is 3.43. The van der Waals surface area contributed by atoms with Crippen molar-refractivity contribution in [3.8, 4) is 5.75 Å². The van der Waals surface area contributed by atoms with Gasteiger partial charge in [0.25, 0.3) is 0 Å². The average molecular weight is 234 g/mol. The van der Waals surface area contributed by atoms with Crippen LogP contribution >= 0.6 is 0 Å². The van der Waals surface area contributed by atoms with Crippen LogP contribution < -0.4 is 4.74 Å². The molecule has 2 unspecified atom stereocenters. The van der Waals surface area contributed by atoms with Crippen LogP contribution in [0.15, 0.2) is 24.3 Å². The first-order chi connectivity index (χ1) is 8.17. The molecule has 1 fully saturated rings. The van der Waals surface area contributed by atoms with Gasteiger partial charge in [0.2, 0.25) is 0 Å². The van der Waals surface area contributed by atoms with Crippen molar-refractivity contribution >= 4 is 0 Å². The summed E-state index contributed by atoms with van der Waals surface area (Å²) in [6.45, 7) is 4.37. The molecule has 94 valence electrons. The molecule has 0 bridgehead atoms. The molecule has 2 rings (SSSR count). The Morgan fingerprint density at radius 1 is 1.24 bits per heavy atom. The lowest BCUT2D eigenvalue weighted by Crippen LogP contribution is -2.50. The van der Waals surface area contributed by atoms with Crippen LogP contribution in [0.1, 0.15) is 44.6 Å². The molecular weight excluding hydrogens is 212 g/mol. The lowest BCUT2D eigenvalue weighted by molar-refractivity contribution is -0.0932. The van der Waals surface area contributed by atoms with Crippen molar-refractivity contribution in [2.24, 2.45) is 5.41 Å². The van der Waals surface area contributed by atoms with Gasteiger partial charge in [-0.25, -0.2) is 0 Å². The van der Waals surface area contributed by atoms with Gasteiger partial charge in [0.1, 0.15) is 5.75 Å². The van der Waals surface area contributed by atoms with Gasteiger partial charge in [-0.15, -0.1) is 0 Å². The van der Waals surface area contributed by atoms with E-state index in [0.717, 1.165) is 25.0 Å². The normalized spacial score (nSPS) is 26.4. The minimum absolute atomic E-state index is 0.0919. The maximum absolute atomic E-state index is 10.1. The van der Waals surface area contributed by atoms with E-state index in [1.807, 2.05) is 12.1 Å². The summed E-state index contributed by atoms with van der Waals surface area (Å²) in [5.74, 6) is 1.39. The summed E-state index contributed by atoms with van der Waals surface area (Å²) in [5, 5.41) is 10.1. The van der Waals surface area contributed by atoms with Gasteiger partial charge < -0.3 is 9.84 Å². The quantitative estimate of drug-likeness (QED) is 0.865. The standard InChI is InChI=1S/C15H22O2/c1-4-15(5-2)13(10-14(15)16)11-6-8-12(17-3)9-7-11/h6-9,13-14,16H,4-5,10H2,1-3H3. The highest BCUT2D eigenvalue weighted by molar-refractivity contribution is 5.33. The van der Waals surface area contributed by atoms with Crippen LogP contribution in [0.2, 0.25) is 0 Å². The molecule has 17 heavy (non-hydrogen) atoms. The molecule has 2 atom stereocenters. The number of hydrogen-bond donors (Lipinski definition) is 1. The zero-order chi connectivity index (χ0) is 12.5. The average Bonchev–Trinajstić information content (AvgIpc) is 2.38. The molecule has 2 nitrogen and oxygen atoms in total. The summed E-state index contributed by atoms with van der Waals surface area (Å²) in [7, 11) is 1.69. The fourth-order valence-corrected chi connectivity index (χ4v) is 3.28. The number of methoxy groups -OCH3 is 1. The third-order valence-electron chi connectivity index (χ3n) is 4.65. The van der Waals surface area contributed by atoms with E-state index in [2.05, 4.69) is 26.0 Å². The van der Waals surface area contributed by atoms with Gasteiger partial charge in [-0.05, 0) is 42.9 Å². The van der Waals surface area contributed by atoms with Gasteiger partial charge in [-0.2, -0.15) is 0 Å². The van der Waals surface area contributed by atoms with Crippen LogP contribution in [0, 0.1) is 5.41 Å². The highest BCUT2D eigenvalue weighted by atomic mass is 16.5. The number of ether oxygens (including phenoxy) is 1. The van der Waals surface area contributed by atoms with Gasteiger partial charge in [-0.3, -0.25) is 0 Å². The van der Waals surface area contributed by atoms with Gasteiger partial charge >= 0.3 is 0 Å². The number of aliphatic hydroxyl groups is 1. The Balaban J connectivity index is 2.22. The summed E-state index contributed by atoms with van der Waals surface area (Å²) in [6.07, 6.45) is 2.85. The fourth-order valence-electron chi connectivity index (χ4n) is 3.28. The van der Waals surface area contributed by atoms with Gasteiger partial charge in [0, 0.05) is 5.41 Å². The predicted molar refractivity (Wildman–Crippen MR) is 69.4 cm³/mol. The van der Waals surface area contributed by atoms with E-state index in [1.165, 1.54) is 5.56 Å². The molecule has 1 aliphatic rings. The van der Waals surface area contributed by atoms with Crippen LogP contribution in [0.4, 0.5) is 0 Å². The molecule has 2 heteroatoms. The summed E-state index contributed by atoms with van der Waals surface area (Å²) in [5.41, 5.74) is 1.43. The second kappa shape index (κ2) is 4.69. The maximum atomic E-state index is 10.1. The van der Waals surface area contributed by atoms with Gasteiger partial charge in [-0.1, -0.05) is 26.0 Å². The van der Waals surface area contributed by atoms with Crippen molar-refractivity contribution in [3.05, 3.63) is 29.8 Å². The van der Waals surface area contributed by atoms with Crippen molar-refractivity contribution < 1.29 is 9.84 Å². The largest absolute Gasteiger partial charge is 0.497 e. The molecule has 1 saturated carbocycles. The molecule has 0 amide bonds. The molecule has 1 aromatic carbocycles. The zero-order valence-corrected chi connectivity index (χ0v) is 10.9. The third kappa shape index (κ3) is 1.85. The lowest BCUT2D eigenvalue weighted by Gasteiger charge is -2.53. The van der Waals surface area contributed by atoms with Crippen molar-refractivity contribution in [2.75, 3.05) is 7.11 Å². The molecule has 0 saturated heterocycles. The van der Waals surface area contributed by atoms with Crippen molar-refractivity contribution in [2.45, 2.75) is 45.1 Å². The molecule has 0 spiro atoms. The third-order valence-corrected chi connectivity index (χ3v) is 4.65. The van der Waals surface area contributed by atoms with Crippen LogP contribution in [-0.4, -0.2) is 18.3 Å². The summed E-state index contributed by atoms with van der Waals surface area (Å²) in [4.78, 5) is 0. The van der Waals surface area contributed by atoms with Crippen LogP contribution in [-0.2, 0) is 0 Å². The monoisotopic (exact) mass is 234 g/mol. The lowest BCUT2D eigenvalue weighted by atomic mass is 9.53. The van der Waals surface area contributed by atoms with Crippen LogP contribution in [0.3, 0.4) is 0 Å². The highest BCUT2D eigenvalue weighted by Crippen LogP contribution is 2.57. The Morgan fingerprint density at radius 3 is 2.24 bits per heavy atom. The minimum atomic E-state index is -0.135. The predicted octanol–water partition coefficient (Wildman–Crippen LogP) is 3.35. The smallest absolute Gasteiger partial charge is 0.118 e. The second-order valence-electron chi connectivity index (χ2n) is 5.02. The van der Waals surface area contributed by atoms with E-state index in [0.29, 0.717) is 5.92 Å². The van der Waals surface area contributed by atoms with Crippen molar-refractivity contribution in [1.29, 1.82) is 0 Å². The van der Waals surface area contributed by atoms with Crippen molar-refractivity contribution in [1.82, 2.24) is 0 Å². The molecular formula is C15H22O2. The van der Waals surface area contributed by atoms with E-state index >= 15 is 0 Å². The summed E-state index contributed by atoms with van der Waals surface area (Å²) < 4.78 is 5.18. The Hall–Kier alpha value is -1.02. The first-order valence-corrected chi connectivity index (χ1v) is 6.50. The van der Waals surface area contributed by atoms with E-state index < -0.39 is 0 Å². The molecule has 1 aliphatic carbocycles. The second-order valence-corrected chi connectivity index (χ2v) is 5.02. The van der Waals surface area contributed by atoms with Crippen LogP contribution in [0.5, 0.6) is 5.75 Å². The molecule has 0 aliphatic heterocycles. The van der Waals surface area contributed by atoms with E-state index in [-0.39, 0.29) is 11.5 Å². The Labute approximate surface area is 104 Å². The number of hydrogen-bond acceptors (Lipinski definition) is 2.